The van der Waals surface area contributed by atoms with E-state index < -0.39 is 0 Å². The number of aliphatic imine (C=N–C) groups is 1. The van der Waals surface area contributed by atoms with Crippen molar-refractivity contribution in [1.29, 1.82) is 0 Å². The molecule has 7 nitrogen and oxygen atoms in total. The summed E-state index contributed by atoms with van der Waals surface area (Å²) < 4.78 is 1.35. The van der Waals surface area contributed by atoms with Gasteiger partial charge in [-0.1, -0.05) is 41.3 Å². The molecule has 0 spiro atoms. The molecular formula is C19H19ClN6O. The van der Waals surface area contributed by atoms with Gasteiger partial charge in [-0.3, -0.25) is 0 Å². The van der Waals surface area contributed by atoms with Crippen molar-refractivity contribution < 1.29 is 5.11 Å². The molecule has 4 N–H and O–H groups in total. The molecule has 1 aliphatic heterocycles. The lowest BCUT2D eigenvalue weighted by Crippen LogP contribution is -2.14. The minimum absolute atomic E-state index is 0.128. The van der Waals surface area contributed by atoms with Gasteiger partial charge in [0.1, 0.15) is 11.6 Å². The Morgan fingerprint density at radius 1 is 1.48 bits per heavy atom. The Balaban J connectivity index is 1.73. The van der Waals surface area contributed by atoms with Gasteiger partial charge < -0.3 is 16.3 Å². The van der Waals surface area contributed by atoms with Gasteiger partial charge in [-0.05, 0) is 24.6 Å². The first-order valence-corrected chi connectivity index (χ1v) is 8.66. The molecule has 1 aliphatic rings. The van der Waals surface area contributed by atoms with Crippen molar-refractivity contribution in [1.82, 2.24) is 14.9 Å². The SMILES string of the molecule is C#CC/C(O)=C\C=C(/C)Cc1nnc(/N=C2\Cc3cccc(Cl)c3N2)n1N. The lowest BCUT2D eigenvalue weighted by molar-refractivity contribution is 0.403. The fraction of sp³-hybridized carbons (Fsp3) is 0.211. The molecule has 3 rings (SSSR count). The molecule has 27 heavy (non-hydrogen) atoms. The Kier molecular flexibility index (Phi) is 5.48. The zero-order chi connectivity index (χ0) is 19.4. The number of aromatic nitrogens is 3. The van der Waals surface area contributed by atoms with Crippen LogP contribution < -0.4 is 11.2 Å². The fourth-order valence-corrected chi connectivity index (χ4v) is 2.88. The summed E-state index contributed by atoms with van der Waals surface area (Å²) in [6.45, 7) is 1.90. The van der Waals surface area contributed by atoms with Gasteiger partial charge in [0.25, 0.3) is 5.95 Å². The number of halogens is 1. The van der Waals surface area contributed by atoms with Gasteiger partial charge in [0, 0.05) is 12.8 Å². The van der Waals surface area contributed by atoms with E-state index in [0.717, 1.165) is 16.8 Å². The van der Waals surface area contributed by atoms with Crippen LogP contribution in [0.5, 0.6) is 0 Å². The summed E-state index contributed by atoms with van der Waals surface area (Å²) >= 11 is 6.19. The van der Waals surface area contributed by atoms with Crippen LogP contribution in [0.25, 0.3) is 0 Å². The third-order valence-corrected chi connectivity index (χ3v) is 4.31. The maximum atomic E-state index is 9.56. The molecule has 0 aliphatic carbocycles. The average Bonchev–Trinajstić information content (AvgIpc) is 3.20. The Morgan fingerprint density at radius 3 is 3.04 bits per heavy atom. The van der Waals surface area contributed by atoms with Crippen LogP contribution in [0.2, 0.25) is 5.02 Å². The molecule has 0 radical (unpaired) electrons. The quantitative estimate of drug-likeness (QED) is 0.319. The molecule has 8 heteroatoms. The first-order valence-electron chi connectivity index (χ1n) is 8.28. The van der Waals surface area contributed by atoms with E-state index in [9.17, 15) is 5.11 Å². The highest BCUT2D eigenvalue weighted by Crippen LogP contribution is 2.31. The minimum Gasteiger partial charge on any atom is -0.511 e. The summed E-state index contributed by atoms with van der Waals surface area (Å²) in [5.41, 5.74) is 2.87. The monoisotopic (exact) mass is 382 g/mol. The van der Waals surface area contributed by atoms with E-state index >= 15 is 0 Å². The highest BCUT2D eigenvalue weighted by atomic mass is 35.5. The predicted octanol–water partition coefficient (Wildman–Crippen LogP) is 3.30. The molecule has 1 aromatic carbocycles. The molecule has 2 aromatic rings. The number of nitrogen functional groups attached to an aromatic ring is 1. The number of terminal acetylenes is 1. The highest BCUT2D eigenvalue weighted by molar-refractivity contribution is 6.34. The van der Waals surface area contributed by atoms with Crippen LogP contribution in [0.3, 0.4) is 0 Å². The number of nitrogens with two attached hydrogens (primary N) is 1. The van der Waals surface area contributed by atoms with E-state index in [4.69, 9.17) is 23.9 Å². The Labute approximate surface area is 162 Å². The van der Waals surface area contributed by atoms with Crippen molar-refractivity contribution in [3.8, 4) is 12.3 Å². The lowest BCUT2D eigenvalue weighted by atomic mass is 10.2. The first-order chi connectivity index (χ1) is 13.0. The smallest absolute Gasteiger partial charge is 0.271 e. The Bertz CT molecular complexity index is 996. The largest absolute Gasteiger partial charge is 0.511 e. The standard InChI is InChI=1S/C19H19ClN6O/c1-3-5-14(27)9-8-12(2)10-17-24-25-19(26(17)21)23-16-11-13-6-4-7-15(20)18(13)22-16/h1,4,6-9,27H,5,10-11,21H2,2H3,(H,22,23,25)/b12-8+,14-9+. The molecule has 0 saturated carbocycles. The van der Waals surface area contributed by atoms with E-state index in [1.54, 1.807) is 12.2 Å². The number of nitrogens with zero attached hydrogens (tertiary/aromatic N) is 4. The number of aliphatic hydroxyl groups excluding tert-OH is 1. The van der Waals surface area contributed by atoms with E-state index in [2.05, 4.69) is 26.4 Å². The number of allylic oxidation sites excluding steroid dienone is 4. The van der Waals surface area contributed by atoms with Crippen molar-refractivity contribution in [3.63, 3.8) is 0 Å². The number of rotatable bonds is 5. The van der Waals surface area contributed by atoms with Crippen LogP contribution in [-0.4, -0.2) is 25.8 Å². The number of para-hydroxylation sites is 1. The lowest BCUT2D eigenvalue weighted by Gasteiger charge is -2.03. The summed E-state index contributed by atoms with van der Waals surface area (Å²) in [6, 6.07) is 5.72. The number of hydrogen-bond donors (Lipinski definition) is 3. The van der Waals surface area contributed by atoms with Crippen LogP contribution in [0.15, 0.2) is 46.7 Å². The molecule has 2 heterocycles. The summed E-state index contributed by atoms with van der Waals surface area (Å²) in [6.07, 6.45) is 9.76. The van der Waals surface area contributed by atoms with Gasteiger partial charge in [-0.25, -0.2) is 4.68 Å². The van der Waals surface area contributed by atoms with Crippen LogP contribution in [0, 0.1) is 12.3 Å². The maximum Gasteiger partial charge on any atom is 0.271 e. The van der Waals surface area contributed by atoms with Gasteiger partial charge >= 0.3 is 0 Å². The average molecular weight is 383 g/mol. The molecule has 0 amide bonds. The third-order valence-electron chi connectivity index (χ3n) is 3.99. The second-order valence-corrected chi connectivity index (χ2v) is 6.56. The van der Waals surface area contributed by atoms with Gasteiger partial charge in [0.2, 0.25) is 0 Å². The minimum atomic E-state index is 0.128. The highest BCUT2D eigenvalue weighted by Gasteiger charge is 2.19. The molecule has 138 valence electrons. The van der Waals surface area contributed by atoms with Crippen molar-refractivity contribution in [3.05, 3.63) is 58.1 Å². The van der Waals surface area contributed by atoms with E-state index in [-0.39, 0.29) is 12.2 Å². The van der Waals surface area contributed by atoms with E-state index in [1.165, 1.54) is 4.68 Å². The van der Waals surface area contributed by atoms with Crippen molar-refractivity contribution >= 4 is 29.1 Å². The maximum absolute atomic E-state index is 9.56. The number of anilines is 1. The van der Waals surface area contributed by atoms with Crippen LogP contribution >= 0.6 is 11.6 Å². The Morgan fingerprint density at radius 2 is 2.30 bits per heavy atom. The van der Waals surface area contributed by atoms with E-state index in [0.29, 0.717) is 35.5 Å². The summed E-state index contributed by atoms with van der Waals surface area (Å²) in [4.78, 5) is 4.46. The van der Waals surface area contributed by atoms with Gasteiger partial charge in [-0.2, -0.15) is 4.99 Å². The molecule has 0 saturated heterocycles. The third kappa shape index (κ3) is 4.30. The number of fused-ring (bicyclic) bond motifs is 1. The second-order valence-electron chi connectivity index (χ2n) is 6.15. The molecule has 0 unspecified atom stereocenters. The van der Waals surface area contributed by atoms with Crippen molar-refractivity contribution in [2.24, 2.45) is 4.99 Å². The molecule has 0 atom stereocenters. The first kappa shape index (κ1) is 18.5. The number of aliphatic hydroxyl groups is 1. The zero-order valence-electron chi connectivity index (χ0n) is 14.8. The normalized spacial score (nSPS) is 15.5. The van der Waals surface area contributed by atoms with Crippen LogP contribution in [-0.2, 0) is 12.8 Å². The molecular weight excluding hydrogens is 364 g/mol. The topological polar surface area (TPSA) is 101 Å². The Hall–Kier alpha value is -3.24. The number of nitrogens with one attached hydrogen (secondary N) is 1. The van der Waals surface area contributed by atoms with E-state index in [1.807, 2.05) is 25.1 Å². The number of hydrogen-bond acceptors (Lipinski definition) is 5. The molecule has 0 bridgehead atoms. The summed E-state index contributed by atoms with van der Waals surface area (Å²) in [7, 11) is 0. The van der Waals surface area contributed by atoms with Gasteiger partial charge in [-0.15, -0.1) is 16.6 Å². The summed E-state index contributed by atoms with van der Waals surface area (Å²) in [5, 5.41) is 21.5. The predicted molar refractivity (Wildman–Crippen MR) is 108 cm³/mol. The van der Waals surface area contributed by atoms with Gasteiger partial charge in [0.15, 0.2) is 5.82 Å². The van der Waals surface area contributed by atoms with Gasteiger partial charge in [0.05, 0.1) is 17.1 Å². The number of benzene rings is 1. The van der Waals surface area contributed by atoms with Crippen molar-refractivity contribution in [2.75, 3.05) is 11.2 Å². The van der Waals surface area contributed by atoms with Crippen LogP contribution in [0.1, 0.15) is 24.7 Å². The molecule has 0 fully saturated rings. The van der Waals surface area contributed by atoms with Crippen molar-refractivity contribution in [2.45, 2.75) is 26.2 Å². The number of amidine groups is 1. The molecule has 1 aromatic heterocycles. The summed E-state index contributed by atoms with van der Waals surface area (Å²) in [5.74, 6) is 10.1. The van der Waals surface area contributed by atoms with Crippen LogP contribution in [0.4, 0.5) is 11.6 Å². The zero-order valence-corrected chi connectivity index (χ0v) is 15.5. The second kappa shape index (κ2) is 7.98. The fourth-order valence-electron chi connectivity index (χ4n) is 2.63.